The molecular weight excluding hydrogens is 781 g/mol. The molecule has 3 unspecified atom stereocenters. The second kappa shape index (κ2) is 14.6. The molecule has 6 fully saturated rings. The van der Waals surface area contributed by atoms with Crippen molar-refractivity contribution in [3.63, 3.8) is 0 Å². The van der Waals surface area contributed by atoms with E-state index in [1.165, 1.54) is 6.07 Å². The van der Waals surface area contributed by atoms with Crippen LogP contribution in [0.15, 0.2) is 42.7 Å². The Balaban J connectivity index is 0.682. The summed E-state index contributed by atoms with van der Waals surface area (Å²) in [6.07, 6.45) is 7.45. The van der Waals surface area contributed by atoms with Crippen LogP contribution in [0.5, 0.6) is 5.75 Å². The molecule has 2 aliphatic carbocycles. The summed E-state index contributed by atoms with van der Waals surface area (Å²) in [5, 5.41) is 14.7. The number of anilines is 2. The van der Waals surface area contributed by atoms with Crippen LogP contribution in [0, 0.1) is 34.9 Å². The zero-order valence-corrected chi connectivity index (χ0v) is 32.7. The predicted octanol–water partition coefficient (Wildman–Crippen LogP) is 3.31. The lowest BCUT2D eigenvalue weighted by Gasteiger charge is -2.35. The van der Waals surface area contributed by atoms with Gasteiger partial charge in [0.25, 0.3) is 17.7 Å². The van der Waals surface area contributed by atoms with Gasteiger partial charge in [0.2, 0.25) is 11.8 Å². The van der Waals surface area contributed by atoms with Crippen LogP contribution in [0.4, 0.5) is 15.9 Å². The third-order valence-electron chi connectivity index (χ3n) is 13.6. The highest BCUT2D eigenvalue weighted by Crippen LogP contribution is 2.54. The molecule has 304 valence electrons. The summed E-state index contributed by atoms with van der Waals surface area (Å²) < 4.78 is 21.6. The molecule has 0 spiro atoms. The summed E-state index contributed by atoms with van der Waals surface area (Å²) >= 11 is 6.15. The number of benzene rings is 2. The Hall–Kier alpha value is -5.66. The first-order valence-corrected chi connectivity index (χ1v) is 20.7. The van der Waals surface area contributed by atoms with Gasteiger partial charge in [-0.1, -0.05) is 11.6 Å². The number of ether oxygens (including phenoxy) is 1. The molecule has 15 nitrogen and oxygen atoms in total. The SMILES string of the molecule is N#Cc1ccc(OC2CCC(NC(=O)c3cnc(N4CC5CC4CN5C[C@H]4[C@@H]5CN(c6cc7c(cc6F)C(=O)N(C6CCC(=O)NC6=O)C7=O)C[C@@H]54)cn3)CC2)cc1Cl. The molecule has 2 bridgehead atoms. The number of aromatic nitrogens is 2. The zero-order valence-electron chi connectivity index (χ0n) is 32.0. The minimum absolute atomic E-state index is 0.00680. The Morgan fingerprint density at radius 2 is 1.71 bits per heavy atom. The van der Waals surface area contributed by atoms with E-state index < -0.39 is 35.5 Å². The van der Waals surface area contributed by atoms with Crippen molar-refractivity contribution < 1.29 is 33.1 Å². The second-order valence-corrected chi connectivity index (χ2v) is 17.3. The summed E-state index contributed by atoms with van der Waals surface area (Å²) in [7, 11) is 0. The van der Waals surface area contributed by atoms with Crippen molar-refractivity contribution in [1.29, 1.82) is 5.26 Å². The molecule has 7 aliphatic rings. The van der Waals surface area contributed by atoms with E-state index in [-0.39, 0.29) is 47.7 Å². The molecule has 2 saturated carbocycles. The van der Waals surface area contributed by atoms with Gasteiger partial charge in [-0.05, 0) is 80.5 Å². The number of fused-ring (bicyclic) bond motifs is 4. The minimum Gasteiger partial charge on any atom is -0.490 e. The van der Waals surface area contributed by atoms with Gasteiger partial charge in [-0.2, -0.15) is 5.26 Å². The fourth-order valence-electron chi connectivity index (χ4n) is 10.4. The van der Waals surface area contributed by atoms with Crippen molar-refractivity contribution in [3.05, 3.63) is 75.9 Å². The summed E-state index contributed by atoms with van der Waals surface area (Å²) in [5.41, 5.74) is 1.02. The first kappa shape index (κ1) is 37.6. The number of rotatable bonds is 9. The van der Waals surface area contributed by atoms with Gasteiger partial charge in [-0.3, -0.25) is 39.1 Å². The lowest BCUT2D eigenvalue weighted by Crippen LogP contribution is -2.54. The molecule has 5 amide bonds. The molecule has 6 heterocycles. The molecule has 3 aromatic rings. The minimum atomic E-state index is -1.10. The maximum atomic E-state index is 15.5. The number of hydrogen-bond acceptors (Lipinski definition) is 12. The Kier molecular flexibility index (Phi) is 9.28. The number of piperazine rings is 1. The van der Waals surface area contributed by atoms with Crippen molar-refractivity contribution >= 4 is 52.6 Å². The van der Waals surface area contributed by atoms with Gasteiger partial charge in [0, 0.05) is 63.3 Å². The van der Waals surface area contributed by atoms with E-state index in [9.17, 15) is 24.0 Å². The topological polar surface area (TPSA) is 181 Å². The monoisotopic (exact) mass is 821 g/mol. The van der Waals surface area contributed by atoms with Crippen LogP contribution in [-0.2, 0) is 9.59 Å². The Labute approximate surface area is 343 Å². The van der Waals surface area contributed by atoms with Crippen LogP contribution in [-0.4, -0.2) is 112 Å². The van der Waals surface area contributed by atoms with Crippen molar-refractivity contribution in [3.8, 4) is 11.8 Å². The van der Waals surface area contributed by atoms with E-state index >= 15 is 4.39 Å². The lowest BCUT2D eigenvalue weighted by atomic mass is 9.93. The van der Waals surface area contributed by atoms with Gasteiger partial charge in [-0.25, -0.2) is 14.4 Å². The highest BCUT2D eigenvalue weighted by atomic mass is 35.5. The first-order chi connectivity index (χ1) is 28.5. The van der Waals surface area contributed by atoms with Gasteiger partial charge < -0.3 is 19.9 Å². The normalized spacial score (nSPS) is 29.7. The number of hydrogen-bond donors (Lipinski definition) is 2. The van der Waals surface area contributed by atoms with Gasteiger partial charge in [0.15, 0.2) is 0 Å². The van der Waals surface area contributed by atoms with Crippen LogP contribution in [0.2, 0.25) is 5.02 Å². The molecule has 10 rings (SSSR count). The molecule has 1 aromatic heterocycles. The Bertz CT molecular complexity index is 2320. The standard InChI is InChI=1S/C42H41ClFN9O6/c43-32-10-26(4-1-21(32)13-45)59-25-5-2-22(3-6-25)48-39(55)34-14-47-37(15-46-34)52-17-23-9-24(52)16-50(23)18-29-30-19-51(20-31(29)30)36-12-28-27(11-33(36)44)41(57)53(42(28)58)35-7-8-38(54)49-40(35)56/h1,4,10-12,14-15,22-25,29-31,35H,2-3,5-9,16-20H2,(H,48,55)(H,49,54,56)/t22?,23?,24?,25?,29-,30-,31+,35?. The van der Waals surface area contributed by atoms with Crippen LogP contribution >= 0.6 is 11.6 Å². The molecule has 17 heteroatoms. The third kappa shape index (κ3) is 6.73. The van der Waals surface area contributed by atoms with Crippen LogP contribution in [0.1, 0.15) is 81.7 Å². The molecule has 4 saturated heterocycles. The highest BCUT2D eigenvalue weighted by molar-refractivity contribution is 6.31. The largest absolute Gasteiger partial charge is 0.490 e. The highest BCUT2D eigenvalue weighted by Gasteiger charge is 2.58. The number of nitrogens with zero attached hydrogens (tertiary/aromatic N) is 7. The number of piperidine rings is 2. The number of amides is 5. The summed E-state index contributed by atoms with van der Waals surface area (Å²) in [5.74, 6) is -0.584. The van der Waals surface area contributed by atoms with E-state index in [1.54, 1.807) is 30.6 Å². The molecule has 59 heavy (non-hydrogen) atoms. The smallest absolute Gasteiger partial charge is 0.271 e. The number of likely N-dealkylation sites (tertiary alicyclic amines) is 1. The number of halogens is 2. The van der Waals surface area contributed by atoms with Crippen LogP contribution in [0.25, 0.3) is 0 Å². The number of nitriles is 1. The van der Waals surface area contributed by atoms with Gasteiger partial charge in [-0.15, -0.1) is 0 Å². The van der Waals surface area contributed by atoms with Crippen molar-refractivity contribution in [2.45, 2.75) is 75.2 Å². The lowest BCUT2D eigenvalue weighted by molar-refractivity contribution is -0.136. The molecule has 2 N–H and O–H groups in total. The molecular formula is C42H41ClFN9O6. The zero-order chi connectivity index (χ0) is 40.7. The van der Waals surface area contributed by atoms with E-state index in [0.717, 1.165) is 68.5 Å². The van der Waals surface area contributed by atoms with E-state index in [1.807, 2.05) is 11.0 Å². The van der Waals surface area contributed by atoms with Gasteiger partial charge in [0.1, 0.15) is 35.2 Å². The summed E-state index contributed by atoms with van der Waals surface area (Å²) in [4.78, 5) is 80.4. The van der Waals surface area contributed by atoms with Crippen LogP contribution in [0.3, 0.4) is 0 Å². The van der Waals surface area contributed by atoms with Gasteiger partial charge >= 0.3 is 0 Å². The molecule has 6 atom stereocenters. The van der Waals surface area contributed by atoms with E-state index in [4.69, 9.17) is 21.6 Å². The first-order valence-electron chi connectivity index (χ1n) is 20.3. The second-order valence-electron chi connectivity index (χ2n) is 16.9. The predicted molar refractivity (Wildman–Crippen MR) is 209 cm³/mol. The maximum absolute atomic E-state index is 15.5. The molecule has 0 radical (unpaired) electrons. The van der Waals surface area contributed by atoms with E-state index in [0.29, 0.717) is 64.9 Å². The summed E-state index contributed by atoms with van der Waals surface area (Å²) in [6.45, 7) is 4.05. The Morgan fingerprint density at radius 1 is 0.949 bits per heavy atom. The Morgan fingerprint density at radius 3 is 2.37 bits per heavy atom. The maximum Gasteiger partial charge on any atom is 0.271 e. The van der Waals surface area contributed by atoms with Gasteiger partial charge in [0.05, 0.1) is 45.9 Å². The average molecular weight is 822 g/mol. The number of carbonyl (C=O) groups excluding carboxylic acids is 5. The quantitative estimate of drug-likeness (QED) is 0.301. The molecule has 2 aromatic carbocycles. The fraction of sp³-hybridized carbons (Fsp3) is 0.476. The summed E-state index contributed by atoms with van der Waals surface area (Å²) in [6, 6.07) is 9.29. The molecule has 5 aliphatic heterocycles. The average Bonchev–Trinajstić information content (AvgIpc) is 3.70. The van der Waals surface area contributed by atoms with E-state index in [2.05, 4.69) is 30.4 Å². The third-order valence-corrected chi connectivity index (χ3v) is 13.9. The number of carbonyl (C=O) groups is 5. The van der Waals surface area contributed by atoms with Crippen molar-refractivity contribution in [2.75, 3.05) is 42.5 Å². The number of imide groups is 2. The fourth-order valence-corrected chi connectivity index (χ4v) is 10.6. The van der Waals surface area contributed by atoms with Crippen molar-refractivity contribution in [2.24, 2.45) is 17.8 Å². The number of nitrogens with one attached hydrogen (secondary N) is 2. The van der Waals surface area contributed by atoms with Crippen LogP contribution < -0.4 is 25.2 Å². The van der Waals surface area contributed by atoms with Crippen molar-refractivity contribution in [1.82, 2.24) is 30.4 Å².